The molecule has 5 heteroatoms. The van der Waals surface area contributed by atoms with Gasteiger partial charge in [0.05, 0.1) is 17.8 Å². The molecule has 0 amide bonds. The molecule has 0 atom stereocenters. The van der Waals surface area contributed by atoms with Gasteiger partial charge in [-0.1, -0.05) is 0 Å². The molecule has 15 heavy (non-hydrogen) atoms. The Kier molecular flexibility index (Phi) is 2.26. The highest BCUT2D eigenvalue weighted by Crippen LogP contribution is 2.25. The van der Waals surface area contributed by atoms with Gasteiger partial charge in [-0.2, -0.15) is 0 Å². The summed E-state index contributed by atoms with van der Waals surface area (Å²) in [6, 6.07) is 0. The summed E-state index contributed by atoms with van der Waals surface area (Å²) in [5.41, 5.74) is 2.69. The minimum absolute atomic E-state index is 0.0318. The Morgan fingerprint density at radius 1 is 1.47 bits per heavy atom. The molecule has 0 saturated carbocycles. The van der Waals surface area contributed by atoms with E-state index in [1.54, 1.807) is 11.3 Å². The van der Waals surface area contributed by atoms with Gasteiger partial charge in [0, 0.05) is 10.6 Å². The maximum Gasteiger partial charge on any atom is 0.309 e. The Morgan fingerprint density at radius 3 is 2.73 bits per heavy atom. The predicted octanol–water partition coefficient (Wildman–Crippen LogP) is 1.95. The average Bonchev–Trinajstić information content (AvgIpc) is 2.54. The van der Waals surface area contributed by atoms with E-state index >= 15 is 0 Å². The van der Waals surface area contributed by atoms with E-state index in [0.29, 0.717) is 0 Å². The van der Waals surface area contributed by atoms with Gasteiger partial charge in [-0.15, -0.1) is 11.3 Å². The summed E-state index contributed by atoms with van der Waals surface area (Å²) in [6.07, 6.45) is 0.0318. The average molecular weight is 224 g/mol. The number of aromatic nitrogens is 2. The molecular weight excluding hydrogens is 212 g/mol. The van der Waals surface area contributed by atoms with Crippen molar-refractivity contribution in [3.8, 4) is 0 Å². The minimum atomic E-state index is -0.817. The van der Waals surface area contributed by atoms with Crippen LogP contribution in [-0.2, 0) is 11.2 Å². The van der Waals surface area contributed by atoms with E-state index in [-0.39, 0.29) is 6.42 Å². The largest absolute Gasteiger partial charge is 0.481 e. The highest BCUT2D eigenvalue weighted by molar-refractivity contribution is 7.17. The smallest absolute Gasteiger partial charge is 0.309 e. The quantitative estimate of drug-likeness (QED) is 0.848. The number of thiazole rings is 1. The SMILES string of the molecule is Cc1nc2sc(C)c(C)n2c1CC(=O)O. The van der Waals surface area contributed by atoms with Crippen LogP contribution in [0.15, 0.2) is 0 Å². The normalized spacial score (nSPS) is 11.1. The number of fused-ring (bicyclic) bond motifs is 1. The van der Waals surface area contributed by atoms with Crippen molar-refractivity contribution >= 4 is 22.3 Å². The molecule has 0 aliphatic heterocycles. The second-order valence-electron chi connectivity index (χ2n) is 3.58. The van der Waals surface area contributed by atoms with Gasteiger partial charge in [-0.3, -0.25) is 9.20 Å². The number of carboxylic acid groups (broad SMARTS) is 1. The summed E-state index contributed by atoms with van der Waals surface area (Å²) in [7, 11) is 0. The number of aliphatic carboxylic acids is 1. The lowest BCUT2D eigenvalue weighted by molar-refractivity contribution is -0.136. The summed E-state index contributed by atoms with van der Waals surface area (Å²) in [5, 5.41) is 8.83. The van der Waals surface area contributed by atoms with Crippen LogP contribution in [0.25, 0.3) is 4.96 Å². The van der Waals surface area contributed by atoms with E-state index in [9.17, 15) is 4.79 Å². The van der Waals surface area contributed by atoms with Crippen molar-refractivity contribution in [1.29, 1.82) is 0 Å². The van der Waals surface area contributed by atoms with Crippen molar-refractivity contribution in [2.75, 3.05) is 0 Å². The highest BCUT2D eigenvalue weighted by Gasteiger charge is 2.16. The van der Waals surface area contributed by atoms with Crippen LogP contribution >= 0.6 is 11.3 Å². The molecule has 2 aromatic heterocycles. The number of hydrogen-bond acceptors (Lipinski definition) is 3. The molecule has 0 aliphatic rings. The number of rotatable bonds is 2. The first kappa shape index (κ1) is 10.2. The van der Waals surface area contributed by atoms with Crippen LogP contribution in [0.5, 0.6) is 0 Å². The third kappa shape index (κ3) is 1.52. The van der Waals surface area contributed by atoms with Crippen LogP contribution in [0.2, 0.25) is 0 Å². The van der Waals surface area contributed by atoms with Crippen molar-refractivity contribution in [2.45, 2.75) is 27.2 Å². The standard InChI is InChI=1S/C10H12N2O2S/c1-5-8(4-9(13)14)12-6(2)7(3)15-10(12)11-5/h4H2,1-3H3,(H,13,14). The molecule has 0 radical (unpaired) electrons. The number of aryl methyl sites for hydroxylation is 3. The van der Waals surface area contributed by atoms with Gasteiger partial charge in [0.1, 0.15) is 0 Å². The molecule has 0 fully saturated rings. The van der Waals surface area contributed by atoms with Crippen LogP contribution in [0, 0.1) is 20.8 Å². The van der Waals surface area contributed by atoms with E-state index < -0.39 is 5.97 Å². The second-order valence-corrected chi connectivity index (χ2v) is 4.76. The third-order valence-electron chi connectivity index (χ3n) is 2.55. The molecule has 80 valence electrons. The van der Waals surface area contributed by atoms with Gasteiger partial charge in [-0.25, -0.2) is 4.98 Å². The Morgan fingerprint density at radius 2 is 2.13 bits per heavy atom. The highest BCUT2D eigenvalue weighted by atomic mass is 32.1. The molecular formula is C10H12N2O2S. The summed E-state index contributed by atoms with van der Waals surface area (Å²) < 4.78 is 1.95. The van der Waals surface area contributed by atoms with Crippen molar-refractivity contribution in [1.82, 2.24) is 9.38 Å². The van der Waals surface area contributed by atoms with E-state index in [2.05, 4.69) is 4.98 Å². The molecule has 2 heterocycles. The first-order valence-corrected chi connectivity index (χ1v) is 5.48. The Bertz CT molecular complexity index is 539. The number of imidazole rings is 1. The van der Waals surface area contributed by atoms with Crippen LogP contribution < -0.4 is 0 Å². The predicted molar refractivity (Wildman–Crippen MR) is 58.6 cm³/mol. The number of nitrogens with zero attached hydrogens (tertiary/aromatic N) is 2. The van der Waals surface area contributed by atoms with Crippen molar-refractivity contribution in [3.05, 3.63) is 22.0 Å². The molecule has 1 N–H and O–H groups in total. The zero-order chi connectivity index (χ0) is 11.2. The van der Waals surface area contributed by atoms with Gasteiger partial charge in [0.2, 0.25) is 0 Å². The minimum Gasteiger partial charge on any atom is -0.481 e. The molecule has 0 saturated heterocycles. The Balaban J connectivity index is 2.69. The number of carboxylic acids is 1. The maximum atomic E-state index is 10.7. The summed E-state index contributed by atoms with van der Waals surface area (Å²) in [5.74, 6) is -0.817. The van der Waals surface area contributed by atoms with E-state index in [4.69, 9.17) is 5.11 Å². The van der Waals surface area contributed by atoms with Crippen LogP contribution in [0.4, 0.5) is 0 Å². The number of carbonyl (C=O) groups is 1. The van der Waals surface area contributed by atoms with Gasteiger partial charge < -0.3 is 5.11 Å². The van der Waals surface area contributed by atoms with Gasteiger partial charge in [-0.05, 0) is 20.8 Å². The fourth-order valence-corrected chi connectivity index (χ4v) is 2.70. The zero-order valence-electron chi connectivity index (χ0n) is 8.87. The first-order chi connectivity index (χ1) is 7.00. The second kappa shape index (κ2) is 3.34. The first-order valence-electron chi connectivity index (χ1n) is 4.66. The van der Waals surface area contributed by atoms with Gasteiger partial charge in [0.25, 0.3) is 0 Å². The zero-order valence-corrected chi connectivity index (χ0v) is 9.68. The number of hydrogen-bond donors (Lipinski definition) is 1. The molecule has 0 aliphatic carbocycles. The molecule has 0 bridgehead atoms. The molecule has 4 nitrogen and oxygen atoms in total. The topological polar surface area (TPSA) is 54.6 Å². The summed E-state index contributed by atoms with van der Waals surface area (Å²) in [6.45, 7) is 5.87. The van der Waals surface area contributed by atoms with E-state index in [0.717, 1.165) is 22.0 Å². The lowest BCUT2D eigenvalue weighted by Crippen LogP contribution is -2.05. The van der Waals surface area contributed by atoms with Crippen LogP contribution in [0.1, 0.15) is 22.0 Å². The lowest BCUT2D eigenvalue weighted by atomic mass is 10.2. The fourth-order valence-electron chi connectivity index (χ4n) is 1.67. The molecule has 2 aromatic rings. The lowest BCUT2D eigenvalue weighted by Gasteiger charge is -1.99. The van der Waals surface area contributed by atoms with E-state index in [1.165, 1.54) is 4.88 Å². The van der Waals surface area contributed by atoms with Crippen molar-refractivity contribution in [3.63, 3.8) is 0 Å². The van der Waals surface area contributed by atoms with Crippen molar-refractivity contribution < 1.29 is 9.90 Å². The molecule has 0 aromatic carbocycles. The van der Waals surface area contributed by atoms with Crippen molar-refractivity contribution in [2.24, 2.45) is 0 Å². The molecule has 0 spiro atoms. The Labute approximate surface area is 91.2 Å². The maximum absolute atomic E-state index is 10.7. The van der Waals surface area contributed by atoms with Crippen LogP contribution in [-0.4, -0.2) is 20.5 Å². The van der Waals surface area contributed by atoms with Gasteiger partial charge in [0.15, 0.2) is 4.96 Å². The van der Waals surface area contributed by atoms with Crippen LogP contribution in [0.3, 0.4) is 0 Å². The fraction of sp³-hybridized carbons (Fsp3) is 0.400. The third-order valence-corrected chi connectivity index (χ3v) is 3.61. The van der Waals surface area contributed by atoms with E-state index in [1.807, 2.05) is 25.2 Å². The molecule has 2 rings (SSSR count). The summed E-state index contributed by atoms with van der Waals surface area (Å²) in [4.78, 5) is 17.2. The Hall–Kier alpha value is -1.36. The monoisotopic (exact) mass is 224 g/mol. The molecule has 0 unspecified atom stereocenters. The summed E-state index contributed by atoms with van der Waals surface area (Å²) >= 11 is 1.60. The van der Waals surface area contributed by atoms with Gasteiger partial charge >= 0.3 is 5.97 Å².